The van der Waals surface area contributed by atoms with E-state index in [1.165, 1.54) is 10.5 Å². The first-order valence-electron chi connectivity index (χ1n) is 15.0. The number of nitrogens with one attached hydrogen (secondary N) is 1. The van der Waals surface area contributed by atoms with E-state index in [9.17, 15) is 22.8 Å². The fourth-order valence-corrected chi connectivity index (χ4v) is 5.69. The van der Waals surface area contributed by atoms with Gasteiger partial charge < -0.3 is 24.4 Å². The average Bonchev–Trinajstić information content (AvgIpc) is 3.44. The molecule has 2 aliphatic rings. The Hall–Kier alpha value is -4.05. The van der Waals surface area contributed by atoms with Crippen molar-refractivity contribution in [3.63, 3.8) is 0 Å². The number of ether oxygens (including phenoxy) is 3. The van der Waals surface area contributed by atoms with E-state index in [1.807, 2.05) is 48.5 Å². The van der Waals surface area contributed by atoms with Crippen molar-refractivity contribution >= 4 is 11.9 Å². The van der Waals surface area contributed by atoms with Crippen molar-refractivity contribution in [3.8, 4) is 11.5 Å². The lowest BCUT2D eigenvalue weighted by atomic mass is 10.0. The predicted molar refractivity (Wildman–Crippen MR) is 158 cm³/mol. The second-order valence-corrected chi connectivity index (χ2v) is 11.5. The van der Waals surface area contributed by atoms with E-state index in [-0.39, 0.29) is 24.5 Å². The molecule has 1 saturated carbocycles. The molecule has 44 heavy (non-hydrogen) atoms. The normalized spacial score (nSPS) is 19.4. The second kappa shape index (κ2) is 13.7. The number of carbonyl (C=O) groups excluding carboxylic acids is 2. The smallest absolute Gasteiger partial charge is 0.347 e. The first-order valence-corrected chi connectivity index (χ1v) is 15.0. The first-order chi connectivity index (χ1) is 21.1. The highest BCUT2D eigenvalue weighted by atomic mass is 19.2. The van der Waals surface area contributed by atoms with Gasteiger partial charge in [0.05, 0.1) is 12.2 Å². The lowest BCUT2D eigenvalue weighted by molar-refractivity contribution is -0.151. The molecule has 1 N–H and O–H groups in total. The van der Waals surface area contributed by atoms with E-state index in [2.05, 4.69) is 19.2 Å². The van der Waals surface area contributed by atoms with E-state index in [4.69, 9.17) is 14.2 Å². The summed E-state index contributed by atoms with van der Waals surface area (Å²) in [7, 11) is 0. The van der Waals surface area contributed by atoms with Crippen molar-refractivity contribution in [2.75, 3.05) is 32.8 Å². The molecule has 0 spiro atoms. The second-order valence-electron chi connectivity index (χ2n) is 11.5. The molecule has 1 aliphatic carbocycles. The largest absolute Gasteiger partial charge is 0.492 e. The number of carbonyl (C=O) groups is 2. The highest BCUT2D eigenvalue weighted by molar-refractivity contribution is 5.94. The van der Waals surface area contributed by atoms with Crippen LogP contribution in [0.5, 0.6) is 11.5 Å². The van der Waals surface area contributed by atoms with Crippen LogP contribution in [0, 0.1) is 29.3 Å². The van der Waals surface area contributed by atoms with Crippen LogP contribution in [0.3, 0.4) is 0 Å². The minimum atomic E-state index is -1.32. The number of hydrogen-bond acceptors (Lipinski definition) is 6. The van der Waals surface area contributed by atoms with E-state index in [1.54, 1.807) is 6.92 Å². The number of likely N-dealkylation sites (tertiary alicyclic amines) is 1. The topological polar surface area (TPSA) is 77.1 Å². The number of hydrogen-bond donors (Lipinski definition) is 1. The molecule has 7 nitrogen and oxygen atoms in total. The molecule has 0 bridgehead atoms. The molecule has 2 fully saturated rings. The quantitative estimate of drug-likeness (QED) is 0.156. The van der Waals surface area contributed by atoms with Gasteiger partial charge in [-0.1, -0.05) is 38.1 Å². The zero-order valence-corrected chi connectivity index (χ0v) is 25.0. The maximum Gasteiger partial charge on any atom is 0.347 e. The molecular formula is C34H37F3N2O5. The third-order valence-electron chi connectivity index (χ3n) is 8.19. The van der Waals surface area contributed by atoms with Crippen molar-refractivity contribution in [2.45, 2.75) is 45.3 Å². The summed E-state index contributed by atoms with van der Waals surface area (Å²) in [6.07, 6.45) is -0.435. The first kappa shape index (κ1) is 31.4. The standard InChI is InChI=1S/C34H37F3N2O5/c1-4-42-34(41)31(44-24-11-7-22(8-12-24)20(2)3)15-21-5-9-23(10-6-21)43-14-13-38-32-26-18-39(19-27(26)32)33(40)25-16-29(36)30(37)17-28(25)35/h5-12,16-17,20,26-27,31-32,38H,4,13-15,18-19H2,1-3H3/t26-,27+,31-,32?/m0/s1. The molecular weight excluding hydrogens is 573 g/mol. The van der Waals surface area contributed by atoms with Crippen molar-refractivity contribution in [1.82, 2.24) is 10.2 Å². The van der Waals surface area contributed by atoms with E-state index < -0.39 is 41.0 Å². The molecule has 3 aromatic rings. The lowest BCUT2D eigenvalue weighted by Crippen LogP contribution is -2.37. The number of halogens is 3. The SMILES string of the molecule is CCOC(=O)[C@H](Cc1ccc(OCCNC2[C@H]3CN(C(=O)c4cc(F)c(F)cc4F)C[C@@H]23)cc1)Oc1ccc(C(C)C)cc1. The Bertz CT molecular complexity index is 1450. The Kier molecular flexibility index (Phi) is 9.78. The molecule has 1 unspecified atom stereocenters. The zero-order chi connectivity index (χ0) is 31.4. The van der Waals surface area contributed by atoms with Crippen LogP contribution in [0.2, 0.25) is 0 Å². The van der Waals surface area contributed by atoms with Gasteiger partial charge in [-0.2, -0.15) is 0 Å². The molecule has 10 heteroatoms. The molecule has 1 heterocycles. The van der Waals surface area contributed by atoms with Gasteiger partial charge >= 0.3 is 5.97 Å². The molecule has 1 amide bonds. The van der Waals surface area contributed by atoms with Crippen LogP contribution < -0.4 is 14.8 Å². The van der Waals surface area contributed by atoms with Crippen molar-refractivity contribution in [1.29, 1.82) is 0 Å². The van der Waals surface area contributed by atoms with Crippen LogP contribution >= 0.6 is 0 Å². The summed E-state index contributed by atoms with van der Waals surface area (Å²) >= 11 is 0. The van der Waals surface area contributed by atoms with Crippen LogP contribution in [0.25, 0.3) is 0 Å². The third-order valence-corrected chi connectivity index (χ3v) is 8.19. The van der Waals surface area contributed by atoms with Crippen LogP contribution in [-0.2, 0) is 16.0 Å². The minimum Gasteiger partial charge on any atom is -0.492 e. The molecule has 0 radical (unpaired) electrons. The fourth-order valence-electron chi connectivity index (χ4n) is 5.69. The van der Waals surface area contributed by atoms with Gasteiger partial charge in [-0.3, -0.25) is 4.79 Å². The van der Waals surface area contributed by atoms with Gasteiger partial charge in [0, 0.05) is 38.2 Å². The number of fused-ring (bicyclic) bond motifs is 1. The summed E-state index contributed by atoms with van der Waals surface area (Å²) in [4.78, 5) is 26.7. The van der Waals surface area contributed by atoms with Gasteiger partial charge in [0.1, 0.15) is 23.9 Å². The van der Waals surface area contributed by atoms with Crippen molar-refractivity contribution in [2.24, 2.45) is 11.8 Å². The molecule has 5 rings (SSSR count). The molecule has 3 aromatic carbocycles. The van der Waals surface area contributed by atoms with Gasteiger partial charge in [-0.05, 0) is 66.1 Å². The van der Waals surface area contributed by atoms with Crippen LogP contribution in [0.4, 0.5) is 13.2 Å². The number of benzene rings is 3. The molecule has 234 valence electrons. The number of nitrogens with zero attached hydrogens (tertiary/aromatic N) is 1. The number of esters is 1. The summed E-state index contributed by atoms with van der Waals surface area (Å²) in [6, 6.07) is 16.5. The van der Waals surface area contributed by atoms with Gasteiger partial charge in [-0.15, -0.1) is 0 Å². The van der Waals surface area contributed by atoms with Gasteiger partial charge in [0.15, 0.2) is 17.7 Å². The Morgan fingerprint density at radius 2 is 1.55 bits per heavy atom. The summed E-state index contributed by atoms with van der Waals surface area (Å²) in [5, 5.41) is 3.44. The van der Waals surface area contributed by atoms with Crippen LogP contribution in [0.15, 0.2) is 60.7 Å². The van der Waals surface area contributed by atoms with Crippen LogP contribution in [0.1, 0.15) is 48.2 Å². The maximum atomic E-state index is 14.0. The van der Waals surface area contributed by atoms with E-state index in [0.29, 0.717) is 62.2 Å². The summed E-state index contributed by atoms with van der Waals surface area (Å²) in [5.74, 6) is -2.51. The van der Waals surface area contributed by atoms with Crippen molar-refractivity contribution in [3.05, 3.63) is 94.8 Å². The predicted octanol–water partition coefficient (Wildman–Crippen LogP) is 5.52. The van der Waals surface area contributed by atoms with Gasteiger partial charge in [0.2, 0.25) is 0 Å². The van der Waals surface area contributed by atoms with Crippen LogP contribution in [-0.4, -0.2) is 61.8 Å². The fraction of sp³-hybridized carbons (Fsp3) is 0.412. The minimum absolute atomic E-state index is 0.223. The number of amides is 1. The molecule has 1 saturated heterocycles. The number of piperidine rings is 1. The number of rotatable bonds is 13. The molecule has 0 aromatic heterocycles. The Labute approximate surface area is 255 Å². The van der Waals surface area contributed by atoms with E-state index >= 15 is 0 Å². The monoisotopic (exact) mass is 610 g/mol. The highest BCUT2D eigenvalue weighted by Crippen LogP contribution is 2.45. The Balaban J connectivity index is 1.05. The third kappa shape index (κ3) is 7.35. The maximum absolute atomic E-state index is 14.0. The Morgan fingerprint density at radius 3 is 2.18 bits per heavy atom. The summed E-state index contributed by atoms with van der Waals surface area (Å²) < 4.78 is 57.9. The highest BCUT2D eigenvalue weighted by Gasteiger charge is 2.56. The molecule has 4 atom stereocenters. The van der Waals surface area contributed by atoms with Gasteiger partial charge in [0.25, 0.3) is 5.91 Å². The summed E-state index contributed by atoms with van der Waals surface area (Å²) in [5.41, 5.74) is 1.64. The van der Waals surface area contributed by atoms with Gasteiger partial charge in [-0.25, -0.2) is 18.0 Å². The Morgan fingerprint density at radius 1 is 0.909 bits per heavy atom. The van der Waals surface area contributed by atoms with E-state index in [0.717, 1.165) is 5.56 Å². The molecule has 1 aliphatic heterocycles. The lowest BCUT2D eigenvalue weighted by Gasteiger charge is -2.21. The zero-order valence-electron chi connectivity index (χ0n) is 25.0. The average molecular weight is 611 g/mol. The summed E-state index contributed by atoms with van der Waals surface area (Å²) in [6.45, 7) is 8.16. The van der Waals surface area contributed by atoms with Crippen molar-refractivity contribution < 1.29 is 37.0 Å².